The number of methoxy groups -OCH3 is 1. The fourth-order valence-electron chi connectivity index (χ4n) is 1.79. The van der Waals surface area contributed by atoms with E-state index in [2.05, 4.69) is 5.32 Å². The van der Waals surface area contributed by atoms with Gasteiger partial charge in [0.05, 0.1) is 7.11 Å². The highest BCUT2D eigenvalue weighted by atomic mass is 16.6. The Balaban J connectivity index is 2.93. The number of hydrogen-bond acceptors (Lipinski definition) is 5. The molecule has 0 aliphatic heterocycles. The van der Waals surface area contributed by atoms with Gasteiger partial charge in [-0.25, -0.2) is 9.59 Å². The molecule has 6 nitrogen and oxygen atoms in total. The van der Waals surface area contributed by atoms with Crippen LogP contribution in [0.1, 0.15) is 32.4 Å². The molecular formula is C16H24N2O4. The zero-order chi connectivity index (χ0) is 16.9. The minimum absolute atomic E-state index is 0.552. The van der Waals surface area contributed by atoms with Crippen LogP contribution in [0.4, 0.5) is 10.5 Å². The second-order valence-corrected chi connectivity index (χ2v) is 6.09. The first-order chi connectivity index (χ1) is 10.1. The molecule has 0 radical (unpaired) electrons. The number of benzene rings is 1. The first-order valence-electron chi connectivity index (χ1n) is 6.98. The van der Waals surface area contributed by atoms with Crippen LogP contribution >= 0.6 is 0 Å². The van der Waals surface area contributed by atoms with E-state index < -0.39 is 23.7 Å². The fourth-order valence-corrected chi connectivity index (χ4v) is 1.79. The molecular weight excluding hydrogens is 284 g/mol. The van der Waals surface area contributed by atoms with E-state index in [9.17, 15) is 9.59 Å². The summed E-state index contributed by atoms with van der Waals surface area (Å²) < 4.78 is 9.94. The molecule has 1 atom stereocenters. The zero-order valence-electron chi connectivity index (χ0n) is 14.0. The van der Waals surface area contributed by atoms with Gasteiger partial charge in [0.25, 0.3) is 0 Å². The molecule has 1 rings (SSSR count). The molecule has 0 fully saturated rings. The molecule has 0 unspecified atom stereocenters. The van der Waals surface area contributed by atoms with E-state index in [-0.39, 0.29) is 0 Å². The SMILES string of the molecule is COC(=O)[C@H](NC(=O)OC(C)(C)C)c1ccc(N(C)C)cc1. The number of ether oxygens (including phenoxy) is 2. The fraction of sp³-hybridized carbons (Fsp3) is 0.500. The van der Waals surface area contributed by atoms with Gasteiger partial charge in [-0.05, 0) is 38.5 Å². The van der Waals surface area contributed by atoms with Crippen LogP contribution in [0, 0.1) is 0 Å². The van der Waals surface area contributed by atoms with Gasteiger partial charge in [-0.15, -0.1) is 0 Å². The van der Waals surface area contributed by atoms with Crippen LogP contribution in [-0.4, -0.2) is 38.9 Å². The van der Waals surface area contributed by atoms with Crippen LogP contribution in [0.15, 0.2) is 24.3 Å². The molecule has 1 amide bonds. The average Bonchev–Trinajstić information content (AvgIpc) is 2.42. The molecule has 0 saturated carbocycles. The summed E-state index contributed by atoms with van der Waals surface area (Å²) in [6.45, 7) is 5.27. The third kappa shape index (κ3) is 5.27. The maximum atomic E-state index is 11.9. The summed E-state index contributed by atoms with van der Waals surface area (Å²) in [5, 5.41) is 2.54. The number of carbonyl (C=O) groups excluding carboxylic acids is 2. The smallest absolute Gasteiger partial charge is 0.408 e. The third-order valence-electron chi connectivity index (χ3n) is 2.84. The van der Waals surface area contributed by atoms with Crippen molar-refractivity contribution in [2.75, 3.05) is 26.1 Å². The molecule has 1 N–H and O–H groups in total. The Labute approximate surface area is 131 Å². The summed E-state index contributed by atoms with van der Waals surface area (Å²) in [6.07, 6.45) is -0.667. The number of nitrogens with zero attached hydrogens (tertiary/aromatic N) is 1. The predicted molar refractivity (Wildman–Crippen MR) is 84.9 cm³/mol. The molecule has 0 bridgehead atoms. The van der Waals surface area contributed by atoms with Crippen LogP contribution in [0.5, 0.6) is 0 Å². The van der Waals surface area contributed by atoms with Crippen molar-refractivity contribution in [3.63, 3.8) is 0 Å². The Bertz CT molecular complexity index is 518. The van der Waals surface area contributed by atoms with Gasteiger partial charge in [0.2, 0.25) is 0 Å². The Morgan fingerprint density at radius 3 is 2.09 bits per heavy atom. The van der Waals surface area contributed by atoms with Crippen molar-refractivity contribution in [1.82, 2.24) is 5.32 Å². The Hall–Kier alpha value is -2.24. The van der Waals surface area contributed by atoms with Gasteiger partial charge in [0, 0.05) is 19.8 Å². The number of anilines is 1. The lowest BCUT2D eigenvalue weighted by atomic mass is 10.1. The predicted octanol–water partition coefficient (Wildman–Crippen LogP) is 2.49. The second-order valence-electron chi connectivity index (χ2n) is 6.09. The van der Waals surface area contributed by atoms with Crippen molar-refractivity contribution in [3.05, 3.63) is 29.8 Å². The standard InChI is InChI=1S/C16H24N2O4/c1-16(2,3)22-15(20)17-13(14(19)21-6)11-7-9-12(10-8-11)18(4)5/h7-10,13H,1-6H3,(H,17,20)/t13-/m1/s1. The zero-order valence-corrected chi connectivity index (χ0v) is 14.0. The van der Waals surface area contributed by atoms with Crippen LogP contribution in [0.3, 0.4) is 0 Å². The Kier molecular flexibility index (Phi) is 5.79. The van der Waals surface area contributed by atoms with Crippen molar-refractivity contribution in [3.8, 4) is 0 Å². The third-order valence-corrected chi connectivity index (χ3v) is 2.84. The molecule has 1 aromatic carbocycles. The number of amides is 1. The van der Waals surface area contributed by atoms with E-state index in [1.54, 1.807) is 32.9 Å². The van der Waals surface area contributed by atoms with Gasteiger partial charge in [-0.1, -0.05) is 12.1 Å². The average molecular weight is 308 g/mol. The van der Waals surface area contributed by atoms with Crippen molar-refractivity contribution < 1.29 is 19.1 Å². The lowest BCUT2D eigenvalue weighted by molar-refractivity contribution is -0.143. The van der Waals surface area contributed by atoms with Gasteiger partial charge >= 0.3 is 12.1 Å². The topological polar surface area (TPSA) is 67.9 Å². The van der Waals surface area contributed by atoms with Gasteiger partial charge in [0.1, 0.15) is 5.60 Å². The van der Waals surface area contributed by atoms with Crippen molar-refractivity contribution in [1.29, 1.82) is 0 Å². The van der Waals surface area contributed by atoms with Crippen molar-refractivity contribution in [2.45, 2.75) is 32.4 Å². The summed E-state index contributed by atoms with van der Waals surface area (Å²) in [4.78, 5) is 25.8. The van der Waals surface area contributed by atoms with Gasteiger partial charge in [0.15, 0.2) is 6.04 Å². The number of nitrogens with one attached hydrogen (secondary N) is 1. The summed E-state index contributed by atoms with van der Waals surface area (Å²) in [5.41, 5.74) is 0.979. The minimum atomic E-state index is -0.906. The summed E-state index contributed by atoms with van der Waals surface area (Å²) in [7, 11) is 5.12. The van der Waals surface area contributed by atoms with Crippen LogP contribution < -0.4 is 10.2 Å². The highest BCUT2D eigenvalue weighted by molar-refractivity contribution is 5.83. The highest BCUT2D eigenvalue weighted by Gasteiger charge is 2.26. The summed E-state index contributed by atoms with van der Waals surface area (Å²) in [5.74, 6) is -0.552. The quantitative estimate of drug-likeness (QED) is 0.866. The highest BCUT2D eigenvalue weighted by Crippen LogP contribution is 2.20. The number of alkyl carbamates (subject to hydrolysis) is 1. The van der Waals surface area contributed by atoms with Gasteiger partial charge < -0.3 is 19.7 Å². The van der Waals surface area contributed by atoms with Crippen LogP contribution in [0.25, 0.3) is 0 Å². The van der Waals surface area contributed by atoms with Crippen LogP contribution in [0.2, 0.25) is 0 Å². The number of carbonyl (C=O) groups is 2. The summed E-state index contributed by atoms with van der Waals surface area (Å²) >= 11 is 0. The number of esters is 1. The molecule has 0 aliphatic carbocycles. The molecule has 0 saturated heterocycles. The lowest BCUT2D eigenvalue weighted by Crippen LogP contribution is -2.38. The normalized spacial score (nSPS) is 12.3. The Morgan fingerprint density at radius 2 is 1.68 bits per heavy atom. The minimum Gasteiger partial charge on any atom is -0.467 e. The van der Waals surface area contributed by atoms with Gasteiger partial charge in [-0.3, -0.25) is 0 Å². The second kappa shape index (κ2) is 7.15. The molecule has 0 heterocycles. The molecule has 0 aromatic heterocycles. The largest absolute Gasteiger partial charge is 0.467 e. The molecule has 0 aliphatic rings. The summed E-state index contributed by atoms with van der Waals surface area (Å²) in [6, 6.07) is 6.36. The maximum Gasteiger partial charge on any atom is 0.408 e. The number of rotatable bonds is 4. The van der Waals surface area contributed by atoms with Crippen molar-refractivity contribution >= 4 is 17.7 Å². The van der Waals surface area contributed by atoms with Gasteiger partial charge in [-0.2, -0.15) is 0 Å². The molecule has 6 heteroatoms. The first kappa shape index (κ1) is 17.8. The molecule has 22 heavy (non-hydrogen) atoms. The number of hydrogen-bond donors (Lipinski definition) is 1. The van der Waals surface area contributed by atoms with E-state index in [0.29, 0.717) is 5.56 Å². The molecule has 1 aromatic rings. The maximum absolute atomic E-state index is 11.9. The van der Waals surface area contributed by atoms with E-state index in [4.69, 9.17) is 9.47 Å². The first-order valence-corrected chi connectivity index (χ1v) is 6.98. The van der Waals surface area contributed by atoms with E-state index >= 15 is 0 Å². The van der Waals surface area contributed by atoms with Crippen LogP contribution in [-0.2, 0) is 14.3 Å². The van der Waals surface area contributed by atoms with E-state index in [0.717, 1.165) is 5.69 Å². The van der Waals surface area contributed by atoms with E-state index in [1.165, 1.54) is 7.11 Å². The molecule has 0 spiro atoms. The van der Waals surface area contributed by atoms with E-state index in [1.807, 2.05) is 31.1 Å². The Morgan fingerprint density at radius 1 is 1.14 bits per heavy atom. The lowest BCUT2D eigenvalue weighted by Gasteiger charge is -2.23. The van der Waals surface area contributed by atoms with Crippen molar-refractivity contribution in [2.24, 2.45) is 0 Å². The molecule has 122 valence electrons. The monoisotopic (exact) mass is 308 g/mol.